The number of hydrogen-bond donors (Lipinski definition) is 1. The molecule has 0 aliphatic heterocycles. The minimum absolute atomic E-state index is 0.121. The zero-order valence-corrected chi connectivity index (χ0v) is 14.5. The van der Waals surface area contributed by atoms with Gasteiger partial charge in [-0.2, -0.15) is 5.10 Å². The SMILES string of the molecule is O=C(N/N=C/c1ccc(-c2ccc(F)cc2)o1)c1cc2cc(Cl)ccc2o1. The number of rotatable bonds is 4. The molecule has 2 heterocycles. The van der Waals surface area contributed by atoms with Crippen LogP contribution in [0.4, 0.5) is 4.39 Å². The third-order valence-corrected chi connectivity index (χ3v) is 4.05. The van der Waals surface area contributed by atoms with Crippen LogP contribution in [0.15, 0.2) is 74.6 Å². The zero-order valence-electron chi connectivity index (χ0n) is 13.8. The number of nitrogens with one attached hydrogen (secondary N) is 1. The van der Waals surface area contributed by atoms with E-state index in [1.807, 2.05) is 0 Å². The fourth-order valence-corrected chi connectivity index (χ4v) is 2.71. The second-order valence-corrected chi connectivity index (χ2v) is 6.14. The van der Waals surface area contributed by atoms with Crippen molar-refractivity contribution in [2.45, 2.75) is 0 Å². The lowest BCUT2D eigenvalue weighted by Crippen LogP contribution is -2.16. The van der Waals surface area contributed by atoms with Gasteiger partial charge in [0.15, 0.2) is 5.76 Å². The molecule has 1 amide bonds. The molecular weight excluding hydrogens is 371 g/mol. The lowest BCUT2D eigenvalue weighted by molar-refractivity contribution is 0.0929. The van der Waals surface area contributed by atoms with E-state index in [9.17, 15) is 9.18 Å². The summed E-state index contributed by atoms with van der Waals surface area (Å²) in [5, 5.41) is 5.15. The third-order valence-electron chi connectivity index (χ3n) is 3.82. The lowest BCUT2D eigenvalue weighted by atomic mass is 10.2. The van der Waals surface area contributed by atoms with E-state index in [0.717, 1.165) is 10.9 Å². The summed E-state index contributed by atoms with van der Waals surface area (Å²) in [6.07, 6.45) is 1.37. The fourth-order valence-electron chi connectivity index (χ4n) is 2.53. The molecule has 0 atom stereocenters. The summed E-state index contributed by atoms with van der Waals surface area (Å²) < 4.78 is 24.0. The van der Waals surface area contributed by atoms with Gasteiger partial charge in [0.05, 0.1) is 6.21 Å². The number of furan rings is 2. The van der Waals surface area contributed by atoms with Crippen LogP contribution in [0.25, 0.3) is 22.3 Å². The minimum Gasteiger partial charge on any atom is -0.455 e. The number of amides is 1. The normalized spacial score (nSPS) is 11.3. The predicted octanol–water partition coefficient (Wildman–Crippen LogP) is 5.25. The van der Waals surface area contributed by atoms with Crippen LogP contribution in [-0.4, -0.2) is 12.1 Å². The van der Waals surface area contributed by atoms with Crippen molar-refractivity contribution in [1.82, 2.24) is 5.43 Å². The minimum atomic E-state index is -0.496. The first-order valence-electron chi connectivity index (χ1n) is 7.97. The molecule has 4 aromatic rings. The smallest absolute Gasteiger partial charge is 0.307 e. The van der Waals surface area contributed by atoms with Crippen molar-refractivity contribution in [2.24, 2.45) is 5.10 Å². The highest BCUT2D eigenvalue weighted by molar-refractivity contribution is 6.31. The number of hydrazone groups is 1. The molecule has 7 heteroatoms. The summed E-state index contributed by atoms with van der Waals surface area (Å²) in [6, 6.07) is 16.0. The average molecular weight is 383 g/mol. The molecule has 1 N–H and O–H groups in total. The van der Waals surface area contributed by atoms with E-state index in [0.29, 0.717) is 22.1 Å². The number of hydrogen-bond acceptors (Lipinski definition) is 4. The summed E-state index contributed by atoms with van der Waals surface area (Å²) >= 11 is 5.92. The van der Waals surface area contributed by atoms with E-state index in [-0.39, 0.29) is 11.6 Å². The fraction of sp³-hybridized carbons (Fsp3) is 0. The zero-order chi connectivity index (χ0) is 18.8. The second kappa shape index (κ2) is 7.09. The summed E-state index contributed by atoms with van der Waals surface area (Å²) in [5.41, 5.74) is 3.67. The van der Waals surface area contributed by atoms with Crippen molar-refractivity contribution < 1.29 is 18.0 Å². The molecule has 0 aliphatic rings. The van der Waals surface area contributed by atoms with Gasteiger partial charge < -0.3 is 8.83 Å². The van der Waals surface area contributed by atoms with Crippen LogP contribution in [0.2, 0.25) is 5.02 Å². The van der Waals surface area contributed by atoms with Gasteiger partial charge in [-0.1, -0.05) is 11.6 Å². The number of fused-ring (bicyclic) bond motifs is 1. The quantitative estimate of drug-likeness (QED) is 0.387. The molecule has 4 rings (SSSR count). The largest absolute Gasteiger partial charge is 0.455 e. The van der Waals surface area contributed by atoms with E-state index in [1.54, 1.807) is 48.5 Å². The highest BCUT2D eigenvalue weighted by atomic mass is 35.5. The van der Waals surface area contributed by atoms with Gasteiger partial charge in [0.25, 0.3) is 0 Å². The highest BCUT2D eigenvalue weighted by Crippen LogP contribution is 2.23. The molecule has 0 bridgehead atoms. The molecule has 134 valence electrons. The van der Waals surface area contributed by atoms with Gasteiger partial charge in [-0.3, -0.25) is 4.79 Å². The van der Waals surface area contributed by atoms with Crippen LogP contribution < -0.4 is 5.43 Å². The van der Waals surface area contributed by atoms with E-state index in [4.69, 9.17) is 20.4 Å². The monoisotopic (exact) mass is 382 g/mol. The molecule has 2 aromatic carbocycles. The number of carbonyl (C=O) groups excluding carboxylic acids is 1. The van der Waals surface area contributed by atoms with Gasteiger partial charge in [-0.05, 0) is 60.7 Å². The van der Waals surface area contributed by atoms with Crippen LogP contribution in [-0.2, 0) is 0 Å². The van der Waals surface area contributed by atoms with Crippen molar-refractivity contribution in [3.05, 3.63) is 83.0 Å². The Balaban J connectivity index is 1.44. The maximum absolute atomic E-state index is 13.0. The van der Waals surface area contributed by atoms with Crippen molar-refractivity contribution in [3.8, 4) is 11.3 Å². The van der Waals surface area contributed by atoms with Crippen molar-refractivity contribution in [3.63, 3.8) is 0 Å². The third kappa shape index (κ3) is 3.75. The number of halogens is 2. The number of carbonyl (C=O) groups is 1. The Morgan fingerprint density at radius 3 is 2.67 bits per heavy atom. The number of benzene rings is 2. The molecule has 0 aliphatic carbocycles. The Labute approximate surface area is 158 Å². The van der Waals surface area contributed by atoms with E-state index < -0.39 is 5.91 Å². The predicted molar refractivity (Wildman–Crippen MR) is 100 cm³/mol. The molecule has 0 saturated carbocycles. The molecule has 0 fully saturated rings. The molecule has 0 radical (unpaired) electrons. The first kappa shape index (κ1) is 17.1. The first-order chi connectivity index (χ1) is 13.1. The molecular formula is C20H12ClFN2O3. The molecule has 27 heavy (non-hydrogen) atoms. The molecule has 5 nitrogen and oxygen atoms in total. The summed E-state index contributed by atoms with van der Waals surface area (Å²) in [4.78, 5) is 12.1. The van der Waals surface area contributed by atoms with Gasteiger partial charge in [-0.15, -0.1) is 0 Å². The Bertz CT molecular complexity index is 1150. The van der Waals surface area contributed by atoms with Crippen molar-refractivity contribution >= 4 is 34.7 Å². The average Bonchev–Trinajstić information content (AvgIpc) is 3.29. The van der Waals surface area contributed by atoms with Crippen LogP contribution in [0.5, 0.6) is 0 Å². The van der Waals surface area contributed by atoms with Crippen LogP contribution in [0, 0.1) is 5.82 Å². The maximum atomic E-state index is 13.0. The van der Waals surface area contributed by atoms with Crippen LogP contribution in [0.3, 0.4) is 0 Å². The first-order valence-corrected chi connectivity index (χ1v) is 8.34. The van der Waals surface area contributed by atoms with E-state index in [1.165, 1.54) is 18.3 Å². The maximum Gasteiger partial charge on any atom is 0.307 e. The molecule has 0 unspecified atom stereocenters. The highest BCUT2D eigenvalue weighted by Gasteiger charge is 2.12. The Kier molecular flexibility index (Phi) is 4.48. The van der Waals surface area contributed by atoms with Gasteiger partial charge >= 0.3 is 5.91 Å². The molecule has 0 spiro atoms. The Hall–Kier alpha value is -3.38. The van der Waals surface area contributed by atoms with Gasteiger partial charge in [0.1, 0.15) is 22.9 Å². The van der Waals surface area contributed by atoms with Gasteiger partial charge in [0.2, 0.25) is 0 Å². The van der Waals surface area contributed by atoms with Crippen molar-refractivity contribution in [1.29, 1.82) is 0 Å². The Morgan fingerprint density at radius 1 is 1.04 bits per heavy atom. The topological polar surface area (TPSA) is 67.7 Å². The van der Waals surface area contributed by atoms with Crippen LogP contribution >= 0.6 is 11.6 Å². The van der Waals surface area contributed by atoms with Crippen LogP contribution in [0.1, 0.15) is 16.3 Å². The van der Waals surface area contributed by atoms with Gasteiger partial charge in [-0.25, -0.2) is 9.82 Å². The number of nitrogens with zero attached hydrogens (tertiary/aromatic N) is 1. The molecule has 2 aromatic heterocycles. The summed E-state index contributed by atoms with van der Waals surface area (Å²) in [7, 11) is 0. The van der Waals surface area contributed by atoms with Crippen molar-refractivity contribution in [2.75, 3.05) is 0 Å². The summed E-state index contributed by atoms with van der Waals surface area (Å²) in [6.45, 7) is 0. The van der Waals surface area contributed by atoms with E-state index in [2.05, 4.69) is 10.5 Å². The summed E-state index contributed by atoms with van der Waals surface area (Å²) in [5.74, 6) is 0.311. The van der Waals surface area contributed by atoms with Gasteiger partial charge in [0, 0.05) is 16.0 Å². The second-order valence-electron chi connectivity index (χ2n) is 5.70. The Morgan fingerprint density at radius 2 is 1.85 bits per heavy atom. The van der Waals surface area contributed by atoms with E-state index >= 15 is 0 Å². The standard InChI is InChI=1S/C20H12ClFN2O3/c21-14-3-7-18-13(9-14)10-19(27-18)20(25)24-23-11-16-6-8-17(26-16)12-1-4-15(22)5-2-12/h1-11H,(H,24,25)/b23-11+. The lowest BCUT2D eigenvalue weighted by Gasteiger charge is -1.96. The molecule has 0 saturated heterocycles.